The highest BCUT2D eigenvalue weighted by atomic mass is 32.2. The summed E-state index contributed by atoms with van der Waals surface area (Å²) in [4.78, 5) is 28.0. The fraction of sp³-hybridized carbons (Fsp3) is 0.310. The number of anilines is 1. The van der Waals surface area contributed by atoms with Gasteiger partial charge in [0.1, 0.15) is 24.2 Å². The summed E-state index contributed by atoms with van der Waals surface area (Å²) in [7, 11) is -2.81. The van der Waals surface area contributed by atoms with Gasteiger partial charge in [0.25, 0.3) is 10.0 Å². The molecule has 10 heteroatoms. The van der Waals surface area contributed by atoms with Gasteiger partial charge in [-0.05, 0) is 75.2 Å². The Morgan fingerprint density at radius 1 is 0.974 bits per heavy atom. The molecule has 208 valence electrons. The van der Waals surface area contributed by atoms with E-state index in [1.165, 1.54) is 48.4 Å². The molecule has 2 amide bonds. The van der Waals surface area contributed by atoms with Crippen LogP contribution in [0, 0.1) is 19.7 Å². The second-order valence-corrected chi connectivity index (χ2v) is 11.1. The third-order valence-corrected chi connectivity index (χ3v) is 8.05. The van der Waals surface area contributed by atoms with Gasteiger partial charge in [0.2, 0.25) is 11.8 Å². The zero-order valence-electron chi connectivity index (χ0n) is 22.8. The Bertz CT molecular complexity index is 1410. The first kappa shape index (κ1) is 29.6. The van der Waals surface area contributed by atoms with E-state index >= 15 is 0 Å². The Labute approximate surface area is 229 Å². The number of methoxy groups -OCH3 is 1. The van der Waals surface area contributed by atoms with Crippen molar-refractivity contribution in [2.75, 3.05) is 24.5 Å². The molecule has 8 nitrogen and oxygen atoms in total. The molecule has 1 atom stereocenters. The maximum atomic E-state index is 14.0. The highest BCUT2D eigenvalue weighted by Gasteiger charge is 2.33. The van der Waals surface area contributed by atoms with Crippen LogP contribution in [0.25, 0.3) is 0 Å². The van der Waals surface area contributed by atoms with Crippen LogP contribution in [-0.4, -0.2) is 51.4 Å². The Kier molecular flexibility index (Phi) is 9.69. The van der Waals surface area contributed by atoms with Gasteiger partial charge in [0.15, 0.2) is 0 Å². The van der Waals surface area contributed by atoms with Crippen LogP contribution in [0.1, 0.15) is 30.5 Å². The fourth-order valence-corrected chi connectivity index (χ4v) is 5.45. The fourth-order valence-electron chi connectivity index (χ4n) is 4.04. The van der Waals surface area contributed by atoms with Crippen LogP contribution in [-0.2, 0) is 26.2 Å². The summed E-state index contributed by atoms with van der Waals surface area (Å²) < 4.78 is 47.9. The summed E-state index contributed by atoms with van der Waals surface area (Å²) in [5.41, 5.74) is 2.42. The predicted octanol–water partition coefficient (Wildman–Crippen LogP) is 4.20. The van der Waals surface area contributed by atoms with Crippen molar-refractivity contribution in [2.24, 2.45) is 0 Å². The summed E-state index contributed by atoms with van der Waals surface area (Å²) in [5, 5.41) is 2.70. The van der Waals surface area contributed by atoms with Crippen molar-refractivity contribution in [3.63, 3.8) is 0 Å². The van der Waals surface area contributed by atoms with E-state index in [-0.39, 0.29) is 22.9 Å². The highest BCUT2D eigenvalue weighted by Crippen LogP contribution is 2.33. The van der Waals surface area contributed by atoms with Crippen molar-refractivity contribution >= 4 is 27.5 Å². The molecule has 39 heavy (non-hydrogen) atoms. The van der Waals surface area contributed by atoms with Gasteiger partial charge in [0.05, 0.1) is 17.7 Å². The first-order valence-electron chi connectivity index (χ1n) is 12.5. The molecule has 3 aromatic rings. The van der Waals surface area contributed by atoms with Crippen molar-refractivity contribution in [1.29, 1.82) is 0 Å². The molecule has 0 heterocycles. The lowest BCUT2D eigenvalue weighted by Gasteiger charge is -2.32. The van der Waals surface area contributed by atoms with Crippen molar-refractivity contribution in [2.45, 2.75) is 45.2 Å². The normalized spacial score (nSPS) is 11.9. The second kappa shape index (κ2) is 12.8. The average Bonchev–Trinajstić information content (AvgIpc) is 2.91. The van der Waals surface area contributed by atoms with Crippen molar-refractivity contribution in [1.82, 2.24) is 10.2 Å². The minimum atomic E-state index is -4.23. The maximum Gasteiger partial charge on any atom is 0.264 e. The first-order valence-corrected chi connectivity index (χ1v) is 14.0. The number of hydrogen-bond donors (Lipinski definition) is 1. The minimum absolute atomic E-state index is 0.00585. The molecule has 3 rings (SSSR count). The van der Waals surface area contributed by atoms with Crippen LogP contribution < -0.4 is 14.4 Å². The second-order valence-electron chi connectivity index (χ2n) is 9.22. The summed E-state index contributed by atoms with van der Waals surface area (Å²) in [6.45, 7) is 6.71. The number of amides is 2. The number of sulfonamides is 1. The summed E-state index contributed by atoms with van der Waals surface area (Å²) in [6.07, 6.45) is 0. The quantitative estimate of drug-likeness (QED) is 0.383. The number of ether oxygens (including phenoxy) is 1. The third-order valence-electron chi connectivity index (χ3n) is 6.28. The van der Waals surface area contributed by atoms with Gasteiger partial charge in [-0.15, -0.1) is 0 Å². The molecule has 0 fully saturated rings. The molecular formula is C29H34FN3O5S. The Morgan fingerprint density at radius 3 is 2.18 bits per heavy atom. The molecule has 0 aliphatic rings. The van der Waals surface area contributed by atoms with Crippen LogP contribution >= 0.6 is 0 Å². The molecule has 1 N–H and O–H groups in total. The molecule has 0 aliphatic carbocycles. The molecule has 0 bridgehead atoms. The molecule has 0 aromatic heterocycles. The smallest absolute Gasteiger partial charge is 0.264 e. The van der Waals surface area contributed by atoms with E-state index in [2.05, 4.69) is 5.32 Å². The molecule has 3 aromatic carbocycles. The van der Waals surface area contributed by atoms with Gasteiger partial charge in [0, 0.05) is 13.1 Å². The van der Waals surface area contributed by atoms with Gasteiger partial charge in [-0.2, -0.15) is 0 Å². The molecule has 0 saturated carbocycles. The summed E-state index contributed by atoms with van der Waals surface area (Å²) >= 11 is 0. The number of carbonyl (C=O) groups excluding carboxylic acids is 2. The van der Waals surface area contributed by atoms with Crippen LogP contribution in [0.5, 0.6) is 5.75 Å². The number of hydrogen-bond acceptors (Lipinski definition) is 5. The zero-order valence-corrected chi connectivity index (χ0v) is 23.6. The number of nitrogens with one attached hydrogen (secondary N) is 1. The van der Waals surface area contributed by atoms with Gasteiger partial charge in [-0.3, -0.25) is 13.9 Å². The number of rotatable bonds is 11. The van der Waals surface area contributed by atoms with E-state index < -0.39 is 40.2 Å². The SMILES string of the molecule is CCNC(=O)[C@@H](C)N(Cc1ccc(F)cc1)C(=O)CN(c1cc(C)ccc1OC)S(=O)(=O)c1ccc(C)cc1. The lowest BCUT2D eigenvalue weighted by molar-refractivity contribution is -0.139. The zero-order chi connectivity index (χ0) is 28.7. The van der Waals surface area contributed by atoms with Gasteiger partial charge in [-0.1, -0.05) is 35.9 Å². The highest BCUT2D eigenvalue weighted by molar-refractivity contribution is 7.92. The largest absolute Gasteiger partial charge is 0.495 e. The van der Waals surface area contributed by atoms with Crippen molar-refractivity contribution < 1.29 is 27.1 Å². The standard InChI is InChI=1S/C29H34FN3O5S/c1-6-31-29(35)22(4)32(18-23-10-12-24(30)13-11-23)28(34)19-33(26-17-21(3)9-16-27(26)38-5)39(36,37)25-14-7-20(2)8-15-25/h7-17,22H,6,18-19H2,1-5H3,(H,31,35)/t22-/m1/s1. The van der Waals surface area contributed by atoms with E-state index in [0.29, 0.717) is 12.1 Å². The number of halogens is 1. The van der Waals surface area contributed by atoms with Gasteiger partial charge >= 0.3 is 0 Å². The molecule has 0 radical (unpaired) electrons. The van der Waals surface area contributed by atoms with Gasteiger partial charge in [-0.25, -0.2) is 12.8 Å². The number of carbonyl (C=O) groups is 2. The van der Waals surface area contributed by atoms with Gasteiger partial charge < -0.3 is 15.0 Å². The van der Waals surface area contributed by atoms with E-state index in [1.54, 1.807) is 51.1 Å². The molecule has 0 saturated heterocycles. The summed E-state index contributed by atoms with van der Waals surface area (Å²) in [6, 6.07) is 16.0. The average molecular weight is 556 g/mol. The third kappa shape index (κ3) is 7.14. The summed E-state index contributed by atoms with van der Waals surface area (Å²) in [5.74, 6) is -1.17. The topological polar surface area (TPSA) is 96.0 Å². The first-order chi connectivity index (χ1) is 18.5. The number of benzene rings is 3. The number of likely N-dealkylation sites (N-methyl/N-ethyl adjacent to an activating group) is 1. The molecule has 0 spiro atoms. The van der Waals surface area contributed by atoms with E-state index in [1.807, 2.05) is 6.92 Å². The van der Waals surface area contributed by atoms with Crippen LogP contribution in [0.4, 0.5) is 10.1 Å². The minimum Gasteiger partial charge on any atom is -0.495 e. The van der Waals surface area contributed by atoms with E-state index in [4.69, 9.17) is 4.74 Å². The monoisotopic (exact) mass is 555 g/mol. The Morgan fingerprint density at radius 2 is 1.59 bits per heavy atom. The molecule has 0 unspecified atom stereocenters. The van der Waals surface area contributed by atoms with Crippen LogP contribution in [0.15, 0.2) is 71.6 Å². The van der Waals surface area contributed by atoms with Crippen LogP contribution in [0.3, 0.4) is 0 Å². The maximum absolute atomic E-state index is 14.0. The van der Waals surface area contributed by atoms with Crippen LogP contribution in [0.2, 0.25) is 0 Å². The lowest BCUT2D eigenvalue weighted by atomic mass is 10.1. The van der Waals surface area contributed by atoms with E-state index in [9.17, 15) is 22.4 Å². The van der Waals surface area contributed by atoms with Crippen molar-refractivity contribution in [3.8, 4) is 5.75 Å². The Hall–Kier alpha value is -3.92. The Balaban J connectivity index is 2.09. The van der Waals surface area contributed by atoms with E-state index in [0.717, 1.165) is 15.4 Å². The predicted molar refractivity (Wildman–Crippen MR) is 149 cm³/mol. The number of nitrogens with zero attached hydrogens (tertiary/aromatic N) is 2. The lowest BCUT2D eigenvalue weighted by Crippen LogP contribution is -2.51. The molecular weight excluding hydrogens is 521 g/mol. The number of aryl methyl sites for hydroxylation is 2. The van der Waals surface area contributed by atoms with Crippen molar-refractivity contribution in [3.05, 3.63) is 89.2 Å². The molecule has 0 aliphatic heterocycles.